The number of aliphatic imine (C=N–C) groups is 1. The van der Waals surface area contributed by atoms with Crippen molar-refractivity contribution < 1.29 is 22.8 Å². The molecule has 1 N–H and O–H groups in total. The summed E-state index contributed by atoms with van der Waals surface area (Å²) in [5.74, 6) is 0.0935. The zero-order valence-electron chi connectivity index (χ0n) is 16.0. The molecule has 1 heterocycles. The Hall–Kier alpha value is -3.16. The molecule has 3 rings (SSSR count). The van der Waals surface area contributed by atoms with Crippen LogP contribution in [0.2, 0.25) is 0 Å². The van der Waals surface area contributed by atoms with Gasteiger partial charge in [0.1, 0.15) is 0 Å². The van der Waals surface area contributed by atoms with E-state index in [2.05, 4.69) is 10.3 Å². The lowest BCUT2D eigenvalue weighted by Gasteiger charge is -2.30. The van der Waals surface area contributed by atoms with Gasteiger partial charge in [-0.05, 0) is 30.2 Å². The predicted octanol–water partition coefficient (Wildman–Crippen LogP) is 4.84. The molecule has 1 aliphatic heterocycles. The van der Waals surface area contributed by atoms with Crippen LogP contribution in [0.5, 0.6) is 0 Å². The number of halogens is 3. The minimum Gasteiger partial charge on any atom is -0.332 e. The van der Waals surface area contributed by atoms with E-state index in [1.807, 2.05) is 13.8 Å². The van der Waals surface area contributed by atoms with Gasteiger partial charge in [-0.3, -0.25) is 4.79 Å². The fourth-order valence-electron chi connectivity index (χ4n) is 3.16. The standard InChI is InChI=1S/C21H20F3N3O2/c1-13(2)11-27-12-18(16-8-3-4-9-17(16)19(27)28)26-20(29)25-15-7-5-6-14(10-15)21(22,23)24/h3-10,13H,11-12H2,1-2H3,(H,25,29). The molecule has 0 aliphatic carbocycles. The molecule has 3 amide bonds. The van der Waals surface area contributed by atoms with E-state index in [0.29, 0.717) is 23.4 Å². The van der Waals surface area contributed by atoms with Gasteiger partial charge in [0.05, 0.1) is 17.8 Å². The Morgan fingerprint density at radius 1 is 1.14 bits per heavy atom. The maximum absolute atomic E-state index is 12.8. The normalized spacial score (nSPS) is 15.6. The highest BCUT2D eigenvalue weighted by molar-refractivity contribution is 6.18. The number of carbonyl (C=O) groups excluding carboxylic acids is 2. The second-order valence-electron chi connectivity index (χ2n) is 7.19. The van der Waals surface area contributed by atoms with Crippen molar-refractivity contribution in [2.45, 2.75) is 20.0 Å². The minimum atomic E-state index is -4.51. The van der Waals surface area contributed by atoms with E-state index in [4.69, 9.17) is 0 Å². The van der Waals surface area contributed by atoms with Gasteiger partial charge in [0.15, 0.2) is 0 Å². The lowest BCUT2D eigenvalue weighted by atomic mass is 9.96. The molecule has 0 saturated carbocycles. The summed E-state index contributed by atoms with van der Waals surface area (Å²) in [5, 5.41) is 2.37. The fraction of sp³-hybridized carbons (Fsp3) is 0.286. The average molecular weight is 403 g/mol. The number of hydrogen-bond acceptors (Lipinski definition) is 2. The molecule has 1 aliphatic rings. The Bertz CT molecular complexity index is 968. The Balaban J connectivity index is 1.87. The molecule has 2 aromatic carbocycles. The molecule has 0 bridgehead atoms. The van der Waals surface area contributed by atoms with Crippen molar-refractivity contribution in [2.24, 2.45) is 10.9 Å². The second kappa shape index (κ2) is 8.06. The molecule has 0 fully saturated rings. The zero-order chi connectivity index (χ0) is 21.2. The average Bonchev–Trinajstić information content (AvgIpc) is 2.64. The monoisotopic (exact) mass is 403 g/mol. The van der Waals surface area contributed by atoms with E-state index in [0.717, 1.165) is 12.1 Å². The maximum atomic E-state index is 12.8. The Labute approximate surface area is 166 Å². The number of carbonyl (C=O) groups is 2. The molecule has 2 aromatic rings. The summed E-state index contributed by atoms with van der Waals surface area (Å²) in [5.41, 5.74) is 0.528. The van der Waals surface area contributed by atoms with Crippen LogP contribution in [0.25, 0.3) is 0 Å². The van der Waals surface area contributed by atoms with Crippen molar-refractivity contribution in [3.8, 4) is 0 Å². The molecule has 0 spiro atoms. The van der Waals surface area contributed by atoms with Crippen molar-refractivity contribution in [1.82, 2.24) is 4.90 Å². The number of amides is 3. The molecular weight excluding hydrogens is 383 g/mol. The highest BCUT2D eigenvalue weighted by Gasteiger charge is 2.31. The van der Waals surface area contributed by atoms with Crippen LogP contribution in [0.3, 0.4) is 0 Å². The molecule has 29 heavy (non-hydrogen) atoms. The van der Waals surface area contributed by atoms with Crippen molar-refractivity contribution in [2.75, 3.05) is 18.4 Å². The summed E-state index contributed by atoms with van der Waals surface area (Å²) in [6.45, 7) is 4.61. The smallest absolute Gasteiger partial charge is 0.332 e. The van der Waals surface area contributed by atoms with Crippen molar-refractivity contribution >= 4 is 23.3 Å². The minimum absolute atomic E-state index is 0.00613. The number of rotatable bonds is 3. The van der Waals surface area contributed by atoms with Gasteiger partial charge in [0.2, 0.25) is 0 Å². The van der Waals surface area contributed by atoms with Crippen LogP contribution in [0.4, 0.5) is 23.7 Å². The van der Waals surface area contributed by atoms with Crippen LogP contribution in [0.1, 0.15) is 35.3 Å². The fourth-order valence-corrected chi connectivity index (χ4v) is 3.16. The number of benzene rings is 2. The third-order valence-corrected chi connectivity index (χ3v) is 4.36. The third kappa shape index (κ3) is 4.82. The second-order valence-corrected chi connectivity index (χ2v) is 7.19. The Morgan fingerprint density at radius 2 is 1.83 bits per heavy atom. The summed E-state index contributed by atoms with van der Waals surface area (Å²) in [6.07, 6.45) is -4.51. The molecule has 5 nitrogen and oxygen atoms in total. The van der Waals surface area contributed by atoms with E-state index in [9.17, 15) is 22.8 Å². The molecule has 0 aromatic heterocycles. The van der Waals surface area contributed by atoms with Crippen LogP contribution in [-0.2, 0) is 6.18 Å². The number of nitrogens with zero attached hydrogens (tertiary/aromatic N) is 2. The van der Waals surface area contributed by atoms with Gasteiger partial charge >= 0.3 is 12.2 Å². The maximum Gasteiger partial charge on any atom is 0.416 e. The lowest BCUT2D eigenvalue weighted by molar-refractivity contribution is -0.137. The van der Waals surface area contributed by atoms with Crippen LogP contribution < -0.4 is 5.32 Å². The first-order chi connectivity index (χ1) is 13.6. The number of anilines is 1. The third-order valence-electron chi connectivity index (χ3n) is 4.36. The Morgan fingerprint density at radius 3 is 2.48 bits per heavy atom. The Kier molecular flexibility index (Phi) is 5.72. The first-order valence-electron chi connectivity index (χ1n) is 9.09. The molecule has 0 atom stereocenters. The van der Waals surface area contributed by atoms with Gasteiger partial charge < -0.3 is 10.2 Å². The van der Waals surface area contributed by atoms with Gasteiger partial charge in [-0.25, -0.2) is 4.79 Å². The van der Waals surface area contributed by atoms with Crippen LogP contribution in [0, 0.1) is 5.92 Å². The van der Waals surface area contributed by atoms with Gasteiger partial charge in [0, 0.05) is 23.4 Å². The zero-order valence-corrected chi connectivity index (χ0v) is 16.0. The number of hydrogen-bond donors (Lipinski definition) is 1. The summed E-state index contributed by atoms with van der Waals surface area (Å²) in [4.78, 5) is 30.7. The number of fused-ring (bicyclic) bond motifs is 1. The van der Waals surface area contributed by atoms with Crippen LogP contribution in [0.15, 0.2) is 53.5 Å². The van der Waals surface area contributed by atoms with Crippen LogP contribution >= 0.6 is 0 Å². The predicted molar refractivity (Wildman–Crippen MR) is 104 cm³/mol. The highest BCUT2D eigenvalue weighted by atomic mass is 19.4. The van der Waals surface area contributed by atoms with Crippen molar-refractivity contribution in [1.29, 1.82) is 0 Å². The number of nitrogens with one attached hydrogen (secondary N) is 1. The SMILES string of the molecule is CC(C)CN1CC(=NC(=O)Nc2cccc(C(F)(F)F)c2)c2ccccc2C1=O. The van der Waals surface area contributed by atoms with E-state index < -0.39 is 17.8 Å². The van der Waals surface area contributed by atoms with Crippen LogP contribution in [-0.4, -0.2) is 35.6 Å². The molecule has 0 saturated heterocycles. The van der Waals surface area contributed by atoms with E-state index >= 15 is 0 Å². The molecule has 0 radical (unpaired) electrons. The summed E-state index contributed by atoms with van der Waals surface area (Å²) in [7, 11) is 0. The summed E-state index contributed by atoms with van der Waals surface area (Å²) in [6, 6.07) is 10.4. The molecule has 0 unspecified atom stereocenters. The van der Waals surface area contributed by atoms with E-state index in [1.54, 1.807) is 29.2 Å². The number of urea groups is 1. The first-order valence-corrected chi connectivity index (χ1v) is 9.09. The lowest BCUT2D eigenvalue weighted by Crippen LogP contribution is -2.43. The largest absolute Gasteiger partial charge is 0.416 e. The summed E-state index contributed by atoms with van der Waals surface area (Å²) >= 11 is 0. The van der Waals surface area contributed by atoms with Gasteiger partial charge in [-0.1, -0.05) is 38.1 Å². The molecular formula is C21H20F3N3O2. The van der Waals surface area contributed by atoms with Crippen molar-refractivity contribution in [3.05, 3.63) is 65.2 Å². The highest BCUT2D eigenvalue weighted by Crippen LogP contribution is 2.30. The van der Waals surface area contributed by atoms with Crippen molar-refractivity contribution in [3.63, 3.8) is 0 Å². The quantitative estimate of drug-likeness (QED) is 0.797. The van der Waals surface area contributed by atoms with Gasteiger partial charge in [-0.2, -0.15) is 18.2 Å². The molecule has 8 heteroatoms. The first kappa shape index (κ1) is 20.6. The molecule has 152 valence electrons. The van der Waals surface area contributed by atoms with Gasteiger partial charge in [0.25, 0.3) is 5.91 Å². The van der Waals surface area contributed by atoms with E-state index in [1.165, 1.54) is 12.1 Å². The topological polar surface area (TPSA) is 61.8 Å². The number of alkyl halides is 3. The van der Waals surface area contributed by atoms with Gasteiger partial charge in [-0.15, -0.1) is 0 Å². The van der Waals surface area contributed by atoms with E-state index in [-0.39, 0.29) is 24.1 Å². The summed E-state index contributed by atoms with van der Waals surface area (Å²) < 4.78 is 38.5.